The Balaban J connectivity index is 5.49. The lowest BCUT2D eigenvalue weighted by molar-refractivity contribution is -0.354. The summed E-state index contributed by atoms with van der Waals surface area (Å²) >= 11 is 0. The van der Waals surface area contributed by atoms with Gasteiger partial charge in [0.05, 0.1) is 13.2 Å². The maximum Gasteiger partial charge on any atom is 0.468 e. The van der Waals surface area contributed by atoms with Gasteiger partial charge in [-0.1, -0.05) is 13.5 Å². The molecule has 16 heteroatoms. The van der Waals surface area contributed by atoms with Crippen LogP contribution in [0, 0.1) is 0 Å². The molecule has 0 amide bonds. The molecule has 1 unspecified atom stereocenters. The number of carbonyl (C=O) groups is 2. The van der Waals surface area contributed by atoms with Crippen LogP contribution in [0.1, 0.15) is 39.5 Å². The predicted molar refractivity (Wildman–Crippen MR) is 90.3 cm³/mol. The number of hydrogen-bond acceptors (Lipinski definition) is 8. The largest absolute Gasteiger partial charge is 0.743 e. The fourth-order valence-corrected chi connectivity index (χ4v) is 2.35. The highest BCUT2D eigenvalue weighted by atomic mass is 32.2. The van der Waals surface area contributed by atoms with E-state index in [0.29, 0.717) is 0 Å². The molecule has 0 saturated carbocycles. The number of carbonyl (C=O) groups excluding carboxylic acids is 2. The van der Waals surface area contributed by atoms with Crippen LogP contribution >= 0.6 is 0 Å². The normalized spacial score (nSPS) is 15.1. The summed E-state index contributed by atoms with van der Waals surface area (Å²) in [4.78, 5) is 23.6. The molecule has 32 heavy (non-hydrogen) atoms. The average Bonchev–Trinajstić information content (AvgIpc) is 2.62. The van der Waals surface area contributed by atoms with Crippen molar-refractivity contribution in [3.63, 3.8) is 0 Å². The first-order chi connectivity index (χ1) is 14.3. The van der Waals surface area contributed by atoms with Gasteiger partial charge in [0.1, 0.15) is 0 Å². The number of halogens is 7. The van der Waals surface area contributed by atoms with Crippen LogP contribution in [0.2, 0.25) is 0 Å². The Hall–Kier alpha value is -1.94. The molecule has 0 aliphatic rings. The van der Waals surface area contributed by atoms with E-state index in [-0.39, 0.29) is 6.42 Å². The van der Waals surface area contributed by atoms with Crippen molar-refractivity contribution in [2.45, 2.75) is 62.7 Å². The molecule has 0 rings (SSSR count). The minimum absolute atomic E-state index is 0.0695. The lowest BCUT2D eigenvalue weighted by Gasteiger charge is -2.32. The summed E-state index contributed by atoms with van der Waals surface area (Å²) in [5, 5.41) is -5.96. The first-order valence-corrected chi connectivity index (χ1v) is 10.2. The van der Waals surface area contributed by atoms with Crippen molar-refractivity contribution in [1.82, 2.24) is 0 Å². The van der Waals surface area contributed by atoms with Crippen molar-refractivity contribution in [1.29, 1.82) is 0 Å². The molecule has 0 aliphatic heterocycles. The van der Waals surface area contributed by atoms with E-state index in [1.54, 1.807) is 0 Å². The third kappa shape index (κ3) is 7.03. The minimum Gasteiger partial charge on any atom is -0.743 e. The summed E-state index contributed by atoms with van der Waals surface area (Å²) in [5.41, 5.74) is -0.564. The SMILES string of the molecule is C=C(C)C(=O)OC(OCCCCC(F)(F)C(F)(F)S(=O)(=O)[O-])(C(=O)OCCC)C(F)(F)F. The fourth-order valence-electron chi connectivity index (χ4n) is 1.89. The molecule has 0 fully saturated rings. The first-order valence-electron chi connectivity index (χ1n) is 8.74. The quantitative estimate of drug-likeness (QED) is 0.0935. The van der Waals surface area contributed by atoms with Gasteiger partial charge in [-0.2, -0.15) is 30.7 Å². The van der Waals surface area contributed by atoms with Gasteiger partial charge < -0.3 is 18.8 Å². The second kappa shape index (κ2) is 10.8. The van der Waals surface area contributed by atoms with E-state index in [9.17, 15) is 53.3 Å². The Bertz CT molecular complexity index is 795. The third-order valence-electron chi connectivity index (χ3n) is 3.59. The number of alkyl halides is 7. The first kappa shape index (κ1) is 30.1. The topological polar surface area (TPSA) is 119 Å². The van der Waals surface area contributed by atoms with Gasteiger partial charge in [-0.05, 0) is 26.2 Å². The van der Waals surface area contributed by atoms with Crippen LogP contribution in [0.3, 0.4) is 0 Å². The van der Waals surface area contributed by atoms with Gasteiger partial charge in [-0.25, -0.2) is 18.0 Å². The van der Waals surface area contributed by atoms with Crippen LogP contribution in [-0.2, 0) is 33.9 Å². The number of ether oxygens (including phenoxy) is 3. The average molecular weight is 505 g/mol. The summed E-state index contributed by atoms with van der Waals surface area (Å²) in [5.74, 6) is -13.5. The molecule has 0 heterocycles. The molecular formula is C16H20F7O8S-. The van der Waals surface area contributed by atoms with Crippen molar-refractivity contribution in [3.8, 4) is 0 Å². The van der Waals surface area contributed by atoms with E-state index in [1.807, 2.05) is 0 Å². The summed E-state index contributed by atoms with van der Waals surface area (Å²) < 4.78 is 137. The third-order valence-corrected chi connectivity index (χ3v) is 4.52. The molecule has 0 spiro atoms. The van der Waals surface area contributed by atoms with Crippen molar-refractivity contribution in [2.75, 3.05) is 13.2 Å². The van der Waals surface area contributed by atoms with Crippen LogP contribution in [0.15, 0.2) is 12.2 Å². The Labute approximate surface area is 178 Å². The minimum atomic E-state index is -6.73. The molecule has 0 N–H and O–H groups in total. The molecule has 0 aromatic rings. The second-order valence-electron chi connectivity index (χ2n) is 6.40. The zero-order valence-corrected chi connectivity index (χ0v) is 17.6. The summed E-state index contributed by atoms with van der Waals surface area (Å²) in [6.07, 6.45) is -9.50. The van der Waals surface area contributed by atoms with Crippen LogP contribution in [0.4, 0.5) is 30.7 Å². The van der Waals surface area contributed by atoms with Gasteiger partial charge in [-0.3, -0.25) is 0 Å². The van der Waals surface area contributed by atoms with Gasteiger partial charge in [0.2, 0.25) is 0 Å². The molecule has 0 aromatic carbocycles. The Kier molecular flexibility index (Phi) is 10.1. The zero-order valence-electron chi connectivity index (χ0n) is 16.8. The highest BCUT2D eigenvalue weighted by Gasteiger charge is 2.68. The zero-order chi connectivity index (χ0) is 25.6. The van der Waals surface area contributed by atoms with Crippen molar-refractivity contribution >= 4 is 22.1 Å². The van der Waals surface area contributed by atoms with Gasteiger partial charge in [-0.15, -0.1) is 0 Å². The van der Waals surface area contributed by atoms with E-state index in [1.165, 1.54) is 6.92 Å². The maximum atomic E-state index is 13.6. The molecule has 188 valence electrons. The van der Waals surface area contributed by atoms with E-state index in [2.05, 4.69) is 20.8 Å². The van der Waals surface area contributed by atoms with E-state index in [4.69, 9.17) is 0 Å². The number of rotatable bonds is 13. The Morgan fingerprint density at radius 1 is 1.00 bits per heavy atom. The molecule has 1 atom stereocenters. The summed E-state index contributed by atoms with van der Waals surface area (Å²) in [6, 6.07) is 0. The number of hydrogen-bond donors (Lipinski definition) is 0. The van der Waals surface area contributed by atoms with Crippen LogP contribution in [0.25, 0.3) is 0 Å². The predicted octanol–water partition coefficient (Wildman–Crippen LogP) is 3.28. The van der Waals surface area contributed by atoms with Crippen LogP contribution < -0.4 is 0 Å². The Morgan fingerprint density at radius 2 is 1.53 bits per heavy atom. The lowest BCUT2D eigenvalue weighted by Crippen LogP contribution is -2.58. The van der Waals surface area contributed by atoms with Crippen LogP contribution in [-0.4, -0.2) is 61.3 Å². The van der Waals surface area contributed by atoms with Gasteiger partial charge in [0.25, 0.3) is 0 Å². The molecule has 0 saturated heterocycles. The standard InChI is InChI=1S/C16H21F7O8S/c1-4-8-29-12(25)14(15(19,20)21,31-11(24)10(2)3)30-9-6-5-7-13(17,18)16(22,23)32(26,27)28/h2,4-9H2,1,3H3,(H,26,27,28)/p-1. The van der Waals surface area contributed by atoms with E-state index >= 15 is 0 Å². The smallest absolute Gasteiger partial charge is 0.468 e. The van der Waals surface area contributed by atoms with E-state index in [0.717, 1.165) is 6.92 Å². The second-order valence-corrected chi connectivity index (χ2v) is 7.82. The summed E-state index contributed by atoms with van der Waals surface area (Å²) in [6.45, 7) is 3.66. The van der Waals surface area contributed by atoms with Crippen molar-refractivity contribution in [3.05, 3.63) is 12.2 Å². The monoisotopic (exact) mass is 505 g/mol. The summed E-state index contributed by atoms with van der Waals surface area (Å²) in [7, 11) is -6.73. The molecule has 0 aromatic heterocycles. The molecular weight excluding hydrogens is 485 g/mol. The van der Waals surface area contributed by atoms with Gasteiger partial charge >= 0.3 is 35.1 Å². The van der Waals surface area contributed by atoms with Crippen molar-refractivity contribution in [2.24, 2.45) is 0 Å². The van der Waals surface area contributed by atoms with Gasteiger partial charge in [0, 0.05) is 12.0 Å². The highest BCUT2D eigenvalue weighted by molar-refractivity contribution is 7.86. The fraction of sp³-hybridized carbons (Fsp3) is 0.750. The maximum absolute atomic E-state index is 13.6. The molecule has 0 radical (unpaired) electrons. The molecule has 0 aliphatic carbocycles. The molecule has 8 nitrogen and oxygen atoms in total. The van der Waals surface area contributed by atoms with Crippen LogP contribution in [0.5, 0.6) is 0 Å². The van der Waals surface area contributed by atoms with Crippen molar-refractivity contribution < 1.29 is 67.5 Å². The highest BCUT2D eigenvalue weighted by Crippen LogP contribution is 2.42. The Morgan fingerprint density at radius 3 is 1.94 bits per heavy atom. The van der Waals surface area contributed by atoms with Gasteiger partial charge in [0.15, 0.2) is 10.1 Å². The molecule has 0 bridgehead atoms. The lowest BCUT2D eigenvalue weighted by atomic mass is 10.1. The number of unbranched alkanes of at least 4 members (excludes halogenated alkanes) is 1. The van der Waals surface area contributed by atoms with E-state index < -0.39 is 83.2 Å². The number of esters is 2.